The van der Waals surface area contributed by atoms with Gasteiger partial charge in [-0.05, 0) is 38.8 Å². The van der Waals surface area contributed by atoms with Crippen LogP contribution in [0, 0.1) is 0 Å². The Labute approximate surface area is 116 Å². The average molecular weight is 269 g/mol. The molecular formula is C14H27N3O2. The van der Waals surface area contributed by atoms with Gasteiger partial charge in [-0.3, -0.25) is 9.69 Å². The summed E-state index contributed by atoms with van der Waals surface area (Å²) in [5, 5.41) is 0. The van der Waals surface area contributed by atoms with Crippen LogP contribution >= 0.6 is 0 Å². The molecule has 0 saturated carbocycles. The lowest BCUT2D eigenvalue weighted by Crippen LogP contribution is -2.37. The first-order valence-corrected chi connectivity index (χ1v) is 7.61. The smallest absolute Gasteiger partial charge is 0.222 e. The van der Waals surface area contributed by atoms with Crippen LogP contribution in [0.3, 0.4) is 0 Å². The van der Waals surface area contributed by atoms with Crippen LogP contribution in [0.1, 0.15) is 32.1 Å². The molecule has 0 aromatic rings. The molecule has 2 rings (SSSR count). The van der Waals surface area contributed by atoms with Gasteiger partial charge in [0.1, 0.15) is 0 Å². The van der Waals surface area contributed by atoms with Crippen LogP contribution in [0.5, 0.6) is 0 Å². The zero-order chi connectivity index (χ0) is 13.5. The monoisotopic (exact) mass is 269 g/mol. The second-order valence-corrected chi connectivity index (χ2v) is 5.56. The minimum atomic E-state index is 0.268. The summed E-state index contributed by atoms with van der Waals surface area (Å²) in [6, 6.07) is 0. The number of hydrogen-bond acceptors (Lipinski definition) is 4. The standard InChI is InChI=1S/C14H27N3O2/c15-6-1-5-14(18)17-8-3-7-16(9-10-17)12-13-4-2-11-19-13/h13H,1-12,15H2. The molecule has 2 heterocycles. The summed E-state index contributed by atoms with van der Waals surface area (Å²) >= 11 is 0. The topological polar surface area (TPSA) is 58.8 Å². The molecule has 2 N–H and O–H groups in total. The van der Waals surface area contributed by atoms with Gasteiger partial charge in [-0.1, -0.05) is 0 Å². The van der Waals surface area contributed by atoms with E-state index in [2.05, 4.69) is 4.90 Å². The fourth-order valence-electron chi connectivity index (χ4n) is 2.89. The summed E-state index contributed by atoms with van der Waals surface area (Å²) in [6.45, 7) is 6.37. The second kappa shape index (κ2) is 7.82. The molecule has 1 unspecified atom stereocenters. The third kappa shape index (κ3) is 4.75. The van der Waals surface area contributed by atoms with Crippen molar-refractivity contribution < 1.29 is 9.53 Å². The fraction of sp³-hybridized carbons (Fsp3) is 0.929. The Morgan fingerprint density at radius 2 is 2.11 bits per heavy atom. The summed E-state index contributed by atoms with van der Waals surface area (Å²) in [4.78, 5) is 16.4. The van der Waals surface area contributed by atoms with Gasteiger partial charge in [-0.2, -0.15) is 0 Å². The van der Waals surface area contributed by atoms with Gasteiger partial charge in [0.05, 0.1) is 6.10 Å². The highest BCUT2D eigenvalue weighted by atomic mass is 16.5. The molecular weight excluding hydrogens is 242 g/mol. The van der Waals surface area contributed by atoms with Crippen molar-refractivity contribution in [1.29, 1.82) is 0 Å². The summed E-state index contributed by atoms with van der Waals surface area (Å²) < 4.78 is 5.69. The number of hydrogen-bond donors (Lipinski definition) is 1. The van der Waals surface area contributed by atoms with Crippen molar-refractivity contribution >= 4 is 5.91 Å². The first-order valence-electron chi connectivity index (χ1n) is 7.61. The molecule has 5 nitrogen and oxygen atoms in total. The largest absolute Gasteiger partial charge is 0.377 e. The molecule has 1 amide bonds. The van der Waals surface area contributed by atoms with Crippen molar-refractivity contribution in [3.05, 3.63) is 0 Å². The van der Waals surface area contributed by atoms with Gasteiger partial charge >= 0.3 is 0 Å². The van der Waals surface area contributed by atoms with E-state index in [4.69, 9.17) is 10.5 Å². The highest BCUT2D eigenvalue weighted by Crippen LogP contribution is 2.14. The fourth-order valence-corrected chi connectivity index (χ4v) is 2.89. The predicted molar refractivity (Wildman–Crippen MR) is 74.9 cm³/mol. The van der Waals surface area contributed by atoms with Crippen LogP contribution in [0.15, 0.2) is 0 Å². The Balaban J connectivity index is 1.72. The number of amides is 1. The zero-order valence-electron chi connectivity index (χ0n) is 11.9. The molecule has 0 spiro atoms. The van der Waals surface area contributed by atoms with E-state index in [1.54, 1.807) is 0 Å². The van der Waals surface area contributed by atoms with E-state index < -0.39 is 0 Å². The average Bonchev–Trinajstić information content (AvgIpc) is 2.81. The predicted octanol–water partition coefficient (Wildman–Crippen LogP) is 0.439. The Kier molecular flexibility index (Phi) is 6.07. The van der Waals surface area contributed by atoms with Crippen molar-refractivity contribution in [3.8, 4) is 0 Å². The van der Waals surface area contributed by atoms with Gasteiger partial charge in [-0.15, -0.1) is 0 Å². The highest BCUT2D eigenvalue weighted by Gasteiger charge is 2.22. The number of carbonyl (C=O) groups excluding carboxylic acids is 1. The molecule has 2 saturated heterocycles. The molecule has 0 radical (unpaired) electrons. The maximum absolute atomic E-state index is 12.0. The third-order valence-electron chi connectivity index (χ3n) is 4.02. The Hall–Kier alpha value is -0.650. The molecule has 1 atom stereocenters. The summed E-state index contributed by atoms with van der Waals surface area (Å²) in [5.74, 6) is 0.268. The Morgan fingerprint density at radius 3 is 2.84 bits per heavy atom. The van der Waals surface area contributed by atoms with E-state index >= 15 is 0 Å². The SMILES string of the molecule is NCCCC(=O)N1CCCN(CC2CCCO2)CC1. The summed E-state index contributed by atoms with van der Waals surface area (Å²) in [5.41, 5.74) is 5.46. The van der Waals surface area contributed by atoms with E-state index in [0.717, 1.165) is 52.2 Å². The van der Waals surface area contributed by atoms with Crippen LogP contribution in [0.4, 0.5) is 0 Å². The second-order valence-electron chi connectivity index (χ2n) is 5.56. The maximum Gasteiger partial charge on any atom is 0.222 e. The summed E-state index contributed by atoms with van der Waals surface area (Å²) in [7, 11) is 0. The normalized spacial score (nSPS) is 25.5. The molecule has 0 bridgehead atoms. The van der Waals surface area contributed by atoms with Crippen molar-refractivity contribution in [2.45, 2.75) is 38.2 Å². The lowest BCUT2D eigenvalue weighted by atomic mass is 10.2. The van der Waals surface area contributed by atoms with Crippen molar-refractivity contribution in [2.75, 3.05) is 45.9 Å². The number of nitrogens with two attached hydrogens (primary N) is 1. The van der Waals surface area contributed by atoms with Gasteiger partial charge in [0.2, 0.25) is 5.91 Å². The van der Waals surface area contributed by atoms with Gasteiger partial charge in [0.25, 0.3) is 0 Å². The quantitative estimate of drug-likeness (QED) is 0.787. The third-order valence-corrected chi connectivity index (χ3v) is 4.02. The molecule has 110 valence electrons. The molecule has 2 fully saturated rings. The minimum Gasteiger partial charge on any atom is -0.377 e. The van der Waals surface area contributed by atoms with Crippen molar-refractivity contribution in [2.24, 2.45) is 5.73 Å². The molecule has 0 aromatic heterocycles. The van der Waals surface area contributed by atoms with E-state index in [1.807, 2.05) is 4.90 Å². The number of ether oxygens (including phenoxy) is 1. The first kappa shape index (κ1) is 14.8. The van der Waals surface area contributed by atoms with Gasteiger partial charge in [0, 0.05) is 39.2 Å². The minimum absolute atomic E-state index is 0.268. The number of rotatable bonds is 5. The van der Waals surface area contributed by atoms with Gasteiger partial charge in [0.15, 0.2) is 0 Å². The highest BCUT2D eigenvalue weighted by molar-refractivity contribution is 5.76. The molecule has 0 aromatic carbocycles. The van der Waals surface area contributed by atoms with E-state index in [-0.39, 0.29) is 5.91 Å². The Bertz CT molecular complexity index is 280. The molecule has 2 aliphatic heterocycles. The van der Waals surface area contributed by atoms with Crippen molar-refractivity contribution in [1.82, 2.24) is 9.80 Å². The molecule has 2 aliphatic rings. The van der Waals surface area contributed by atoms with Crippen LogP contribution in [0.25, 0.3) is 0 Å². The van der Waals surface area contributed by atoms with E-state index in [0.29, 0.717) is 19.1 Å². The maximum atomic E-state index is 12.0. The molecule has 0 aliphatic carbocycles. The van der Waals surface area contributed by atoms with E-state index in [1.165, 1.54) is 12.8 Å². The lowest BCUT2D eigenvalue weighted by Gasteiger charge is -2.24. The van der Waals surface area contributed by atoms with Crippen LogP contribution in [-0.4, -0.2) is 67.7 Å². The van der Waals surface area contributed by atoms with Crippen LogP contribution in [0.2, 0.25) is 0 Å². The van der Waals surface area contributed by atoms with Crippen LogP contribution in [-0.2, 0) is 9.53 Å². The summed E-state index contributed by atoms with van der Waals surface area (Å²) in [6.07, 6.45) is 5.27. The van der Waals surface area contributed by atoms with Gasteiger partial charge < -0.3 is 15.4 Å². The van der Waals surface area contributed by atoms with Crippen molar-refractivity contribution in [3.63, 3.8) is 0 Å². The first-order chi connectivity index (χ1) is 9.29. The number of carbonyl (C=O) groups is 1. The number of nitrogens with zero attached hydrogens (tertiary/aromatic N) is 2. The molecule has 19 heavy (non-hydrogen) atoms. The van der Waals surface area contributed by atoms with E-state index in [9.17, 15) is 4.79 Å². The lowest BCUT2D eigenvalue weighted by molar-refractivity contribution is -0.131. The molecule has 5 heteroatoms. The zero-order valence-corrected chi connectivity index (χ0v) is 11.9. The van der Waals surface area contributed by atoms with Gasteiger partial charge in [-0.25, -0.2) is 0 Å². The van der Waals surface area contributed by atoms with Crippen LogP contribution < -0.4 is 5.73 Å². The Morgan fingerprint density at radius 1 is 1.21 bits per heavy atom.